The summed E-state index contributed by atoms with van der Waals surface area (Å²) in [7, 11) is 0. The number of carbonyl (C=O) groups excluding carboxylic acids is 1. The van der Waals surface area contributed by atoms with Gasteiger partial charge in [0.25, 0.3) is 5.91 Å². The van der Waals surface area contributed by atoms with Gasteiger partial charge in [0.15, 0.2) is 0 Å². The summed E-state index contributed by atoms with van der Waals surface area (Å²) in [4.78, 5) is 33.2. The first kappa shape index (κ1) is 15.2. The SMILES string of the molecule is Cc1ccc(C(=O)N[C@H](CC(=O)O)C(=O)O)c(Br)c1. The summed E-state index contributed by atoms with van der Waals surface area (Å²) in [5.74, 6) is -3.32. The van der Waals surface area contributed by atoms with Gasteiger partial charge in [-0.2, -0.15) is 0 Å². The summed E-state index contributed by atoms with van der Waals surface area (Å²) in [6.07, 6.45) is -0.676. The fourth-order valence-electron chi connectivity index (χ4n) is 1.41. The van der Waals surface area contributed by atoms with Crippen molar-refractivity contribution < 1.29 is 24.6 Å². The molecule has 0 aliphatic heterocycles. The largest absolute Gasteiger partial charge is 0.481 e. The van der Waals surface area contributed by atoms with Crippen molar-refractivity contribution in [1.29, 1.82) is 0 Å². The van der Waals surface area contributed by atoms with Gasteiger partial charge >= 0.3 is 11.9 Å². The highest BCUT2D eigenvalue weighted by Gasteiger charge is 2.24. The van der Waals surface area contributed by atoms with Crippen LogP contribution in [0, 0.1) is 6.92 Å². The van der Waals surface area contributed by atoms with Gasteiger partial charge < -0.3 is 15.5 Å². The van der Waals surface area contributed by atoms with E-state index in [9.17, 15) is 14.4 Å². The number of nitrogens with one attached hydrogen (secondary N) is 1. The van der Waals surface area contributed by atoms with Crippen LogP contribution in [0.5, 0.6) is 0 Å². The number of benzene rings is 1. The van der Waals surface area contributed by atoms with E-state index in [2.05, 4.69) is 21.2 Å². The van der Waals surface area contributed by atoms with Crippen LogP contribution in [0.4, 0.5) is 0 Å². The lowest BCUT2D eigenvalue weighted by Crippen LogP contribution is -2.42. The molecule has 1 rings (SSSR count). The van der Waals surface area contributed by atoms with E-state index in [4.69, 9.17) is 10.2 Å². The Hall–Kier alpha value is -1.89. The Bertz CT molecular complexity index is 529. The van der Waals surface area contributed by atoms with Crippen molar-refractivity contribution in [3.8, 4) is 0 Å². The smallest absolute Gasteiger partial charge is 0.326 e. The average molecular weight is 330 g/mol. The van der Waals surface area contributed by atoms with E-state index in [0.29, 0.717) is 4.47 Å². The van der Waals surface area contributed by atoms with Gasteiger partial charge in [0.05, 0.1) is 12.0 Å². The Labute approximate surface area is 117 Å². The Morgan fingerprint density at radius 3 is 2.42 bits per heavy atom. The fraction of sp³-hybridized carbons (Fsp3) is 0.250. The van der Waals surface area contributed by atoms with Crippen LogP contribution in [0.1, 0.15) is 22.3 Å². The molecular formula is C12H12BrNO5. The molecule has 0 aliphatic carbocycles. The van der Waals surface area contributed by atoms with Crippen molar-refractivity contribution in [3.05, 3.63) is 33.8 Å². The van der Waals surface area contributed by atoms with E-state index in [1.54, 1.807) is 12.1 Å². The maximum Gasteiger partial charge on any atom is 0.326 e. The molecule has 0 heterocycles. The minimum absolute atomic E-state index is 0.252. The van der Waals surface area contributed by atoms with Crippen molar-refractivity contribution in [1.82, 2.24) is 5.32 Å². The van der Waals surface area contributed by atoms with Crippen LogP contribution in [-0.2, 0) is 9.59 Å². The lowest BCUT2D eigenvalue weighted by molar-refractivity contribution is -0.145. The molecular weight excluding hydrogens is 318 g/mol. The van der Waals surface area contributed by atoms with Crippen molar-refractivity contribution in [3.63, 3.8) is 0 Å². The zero-order chi connectivity index (χ0) is 14.6. The molecule has 0 bridgehead atoms. The zero-order valence-corrected chi connectivity index (χ0v) is 11.6. The molecule has 3 N–H and O–H groups in total. The number of hydrogen-bond acceptors (Lipinski definition) is 3. The Kier molecular flexibility index (Phi) is 5.05. The van der Waals surface area contributed by atoms with Gasteiger partial charge in [-0.3, -0.25) is 9.59 Å². The second-order valence-corrected chi connectivity index (χ2v) is 4.80. The molecule has 1 aromatic carbocycles. The summed E-state index contributed by atoms with van der Waals surface area (Å²) in [5, 5.41) is 19.6. The molecule has 1 atom stereocenters. The van der Waals surface area contributed by atoms with Crippen LogP contribution < -0.4 is 5.32 Å². The number of aryl methyl sites for hydroxylation is 1. The quantitative estimate of drug-likeness (QED) is 0.757. The number of rotatable bonds is 5. The van der Waals surface area contributed by atoms with Crippen LogP contribution in [0.25, 0.3) is 0 Å². The zero-order valence-electron chi connectivity index (χ0n) is 10.0. The summed E-state index contributed by atoms with van der Waals surface area (Å²) >= 11 is 3.20. The van der Waals surface area contributed by atoms with E-state index >= 15 is 0 Å². The second kappa shape index (κ2) is 6.33. The predicted molar refractivity (Wildman–Crippen MR) is 70.0 cm³/mol. The minimum Gasteiger partial charge on any atom is -0.481 e. The molecule has 0 aromatic heterocycles. The Balaban J connectivity index is 2.87. The van der Waals surface area contributed by atoms with Crippen LogP contribution in [-0.4, -0.2) is 34.1 Å². The third-order valence-electron chi connectivity index (χ3n) is 2.35. The third kappa shape index (κ3) is 4.36. The average Bonchev–Trinajstić information content (AvgIpc) is 2.26. The minimum atomic E-state index is -1.46. The molecule has 6 nitrogen and oxygen atoms in total. The summed E-state index contributed by atoms with van der Waals surface area (Å²) in [6, 6.07) is 3.49. The van der Waals surface area contributed by atoms with Crippen molar-refractivity contribution in [2.75, 3.05) is 0 Å². The van der Waals surface area contributed by atoms with E-state index in [0.717, 1.165) is 5.56 Å². The van der Waals surface area contributed by atoms with Gasteiger partial charge in [-0.15, -0.1) is 0 Å². The van der Waals surface area contributed by atoms with E-state index in [-0.39, 0.29) is 5.56 Å². The van der Waals surface area contributed by atoms with E-state index < -0.39 is 30.3 Å². The molecule has 1 aromatic rings. The van der Waals surface area contributed by atoms with Gasteiger partial charge in [-0.1, -0.05) is 6.07 Å². The molecule has 7 heteroatoms. The monoisotopic (exact) mass is 329 g/mol. The molecule has 0 saturated carbocycles. The van der Waals surface area contributed by atoms with Crippen molar-refractivity contribution >= 4 is 33.8 Å². The first-order valence-corrected chi connectivity index (χ1v) is 6.12. The predicted octanol–water partition coefficient (Wildman–Crippen LogP) is 1.42. The lowest BCUT2D eigenvalue weighted by atomic mass is 10.1. The highest BCUT2D eigenvalue weighted by molar-refractivity contribution is 9.10. The molecule has 0 fully saturated rings. The molecule has 0 unspecified atom stereocenters. The number of amides is 1. The molecule has 0 spiro atoms. The van der Waals surface area contributed by atoms with Gasteiger partial charge in [0.2, 0.25) is 0 Å². The van der Waals surface area contributed by atoms with Crippen molar-refractivity contribution in [2.45, 2.75) is 19.4 Å². The first-order valence-electron chi connectivity index (χ1n) is 5.33. The standard InChI is InChI=1S/C12H12BrNO5/c1-6-2-3-7(8(13)4-6)11(17)14-9(12(18)19)5-10(15)16/h2-4,9H,5H2,1H3,(H,14,17)(H,15,16)(H,18,19)/t9-/m1/s1. The summed E-state index contributed by atoms with van der Waals surface area (Å²) < 4.78 is 0.518. The fourth-order valence-corrected chi connectivity index (χ4v) is 2.09. The maximum absolute atomic E-state index is 11.9. The Morgan fingerprint density at radius 2 is 1.95 bits per heavy atom. The van der Waals surface area contributed by atoms with Crippen LogP contribution in [0.2, 0.25) is 0 Å². The number of hydrogen-bond donors (Lipinski definition) is 3. The number of carboxylic acids is 2. The topological polar surface area (TPSA) is 104 Å². The number of halogens is 1. The Morgan fingerprint density at radius 1 is 1.32 bits per heavy atom. The lowest BCUT2D eigenvalue weighted by Gasteiger charge is -2.13. The molecule has 0 saturated heterocycles. The normalized spacial score (nSPS) is 11.7. The van der Waals surface area contributed by atoms with Gasteiger partial charge in [-0.05, 0) is 40.5 Å². The molecule has 19 heavy (non-hydrogen) atoms. The van der Waals surface area contributed by atoms with Gasteiger partial charge in [0.1, 0.15) is 6.04 Å². The van der Waals surface area contributed by atoms with Crippen LogP contribution in [0.3, 0.4) is 0 Å². The first-order chi connectivity index (χ1) is 8.81. The number of aliphatic carboxylic acids is 2. The number of carbonyl (C=O) groups is 3. The third-order valence-corrected chi connectivity index (χ3v) is 3.01. The highest BCUT2D eigenvalue weighted by Crippen LogP contribution is 2.18. The van der Waals surface area contributed by atoms with Gasteiger partial charge in [0, 0.05) is 4.47 Å². The van der Waals surface area contributed by atoms with E-state index in [1.807, 2.05) is 6.92 Å². The van der Waals surface area contributed by atoms with Crippen LogP contribution in [0.15, 0.2) is 22.7 Å². The molecule has 1 amide bonds. The van der Waals surface area contributed by atoms with E-state index in [1.165, 1.54) is 6.07 Å². The van der Waals surface area contributed by atoms with Gasteiger partial charge in [-0.25, -0.2) is 4.79 Å². The maximum atomic E-state index is 11.9. The van der Waals surface area contributed by atoms with Crippen LogP contribution >= 0.6 is 15.9 Å². The highest BCUT2D eigenvalue weighted by atomic mass is 79.9. The molecule has 0 radical (unpaired) electrons. The summed E-state index contributed by atoms with van der Waals surface area (Å²) in [5.41, 5.74) is 1.19. The number of carboxylic acid groups (broad SMARTS) is 2. The molecule has 0 aliphatic rings. The molecule has 102 valence electrons. The second-order valence-electron chi connectivity index (χ2n) is 3.95. The van der Waals surface area contributed by atoms with Crippen molar-refractivity contribution in [2.24, 2.45) is 0 Å². The summed E-state index contributed by atoms with van der Waals surface area (Å²) in [6.45, 7) is 1.84.